The number of aryl methyl sites for hydroxylation is 1. The van der Waals surface area contributed by atoms with Gasteiger partial charge in [0.25, 0.3) is 0 Å². The molecular formula is C19H27N5. The molecule has 1 aliphatic carbocycles. The summed E-state index contributed by atoms with van der Waals surface area (Å²) in [5.74, 6) is 1.01. The van der Waals surface area contributed by atoms with Gasteiger partial charge in [0.15, 0.2) is 5.82 Å². The lowest BCUT2D eigenvalue weighted by Crippen LogP contribution is -2.39. The summed E-state index contributed by atoms with van der Waals surface area (Å²) in [5.41, 5.74) is 2.92. The van der Waals surface area contributed by atoms with Crippen molar-refractivity contribution in [3.05, 3.63) is 24.2 Å². The molecule has 2 aliphatic rings. The Morgan fingerprint density at radius 1 is 0.917 bits per heavy atom. The van der Waals surface area contributed by atoms with Gasteiger partial charge in [-0.1, -0.05) is 19.3 Å². The zero-order chi connectivity index (χ0) is 16.4. The van der Waals surface area contributed by atoms with Crippen molar-refractivity contribution in [1.29, 1.82) is 0 Å². The molecule has 5 heteroatoms. The third-order valence-corrected chi connectivity index (χ3v) is 5.52. The highest BCUT2D eigenvalue weighted by Crippen LogP contribution is 2.26. The largest absolute Gasteiger partial charge is 0.353 e. The first kappa shape index (κ1) is 15.8. The average Bonchev–Trinajstić information content (AvgIpc) is 2.88. The Balaban J connectivity index is 1.54. The summed E-state index contributed by atoms with van der Waals surface area (Å²) >= 11 is 0. The van der Waals surface area contributed by atoms with Crippen LogP contribution in [-0.2, 0) is 0 Å². The van der Waals surface area contributed by atoms with E-state index in [1.54, 1.807) is 6.33 Å². The topological polar surface area (TPSA) is 45.2 Å². The van der Waals surface area contributed by atoms with Crippen LogP contribution < -0.4 is 4.90 Å². The molecule has 0 bridgehead atoms. The molecule has 1 saturated carbocycles. The van der Waals surface area contributed by atoms with Crippen molar-refractivity contribution in [3.63, 3.8) is 0 Å². The van der Waals surface area contributed by atoms with E-state index in [1.807, 2.05) is 13.0 Å². The van der Waals surface area contributed by atoms with Gasteiger partial charge in [0.2, 0.25) is 0 Å². The Morgan fingerprint density at radius 3 is 2.67 bits per heavy atom. The molecule has 5 nitrogen and oxygen atoms in total. The lowest BCUT2D eigenvalue weighted by atomic mass is 9.94. The van der Waals surface area contributed by atoms with Gasteiger partial charge < -0.3 is 4.90 Å². The number of hydrogen-bond donors (Lipinski definition) is 0. The van der Waals surface area contributed by atoms with Crippen LogP contribution in [0.15, 0.2) is 18.5 Å². The molecular weight excluding hydrogens is 298 g/mol. The molecule has 0 atom stereocenters. The molecule has 0 radical (unpaired) electrons. The summed E-state index contributed by atoms with van der Waals surface area (Å²) in [4.78, 5) is 18.8. The average molecular weight is 325 g/mol. The predicted molar refractivity (Wildman–Crippen MR) is 97.3 cm³/mol. The third kappa shape index (κ3) is 3.22. The van der Waals surface area contributed by atoms with E-state index in [0.717, 1.165) is 48.2 Å². The summed E-state index contributed by atoms with van der Waals surface area (Å²) in [6.45, 7) is 6.49. The van der Waals surface area contributed by atoms with Gasteiger partial charge in [-0.15, -0.1) is 0 Å². The Morgan fingerprint density at radius 2 is 1.79 bits per heavy atom. The standard InChI is InChI=1S/C19H27N5/c1-15-8-9-17-18(22-15)19(21-14-20-17)24-11-5-10-23(12-13-24)16-6-3-2-4-7-16/h8-9,14,16H,2-7,10-13H2,1H3. The Labute approximate surface area is 144 Å². The maximum absolute atomic E-state index is 4.71. The fourth-order valence-electron chi connectivity index (χ4n) is 4.22. The van der Waals surface area contributed by atoms with Crippen LogP contribution in [0.5, 0.6) is 0 Å². The van der Waals surface area contributed by atoms with Crippen molar-refractivity contribution in [2.45, 2.75) is 51.5 Å². The number of hydrogen-bond acceptors (Lipinski definition) is 5. The molecule has 2 aromatic heterocycles. The number of fused-ring (bicyclic) bond motifs is 1. The summed E-state index contributed by atoms with van der Waals surface area (Å²) in [7, 11) is 0. The van der Waals surface area contributed by atoms with Gasteiger partial charge in [-0.2, -0.15) is 0 Å². The summed E-state index contributed by atoms with van der Waals surface area (Å²) in [5, 5.41) is 0. The quantitative estimate of drug-likeness (QED) is 0.848. The predicted octanol–water partition coefficient (Wildman–Crippen LogP) is 3.18. The lowest BCUT2D eigenvalue weighted by molar-refractivity contribution is 0.166. The fraction of sp³-hybridized carbons (Fsp3) is 0.632. The monoisotopic (exact) mass is 325 g/mol. The van der Waals surface area contributed by atoms with Crippen molar-refractivity contribution in [1.82, 2.24) is 19.9 Å². The van der Waals surface area contributed by atoms with E-state index in [2.05, 4.69) is 25.8 Å². The second-order valence-corrected chi connectivity index (χ2v) is 7.19. The normalized spacial score (nSPS) is 21.1. The first-order chi connectivity index (χ1) is 11.8. The van der Waals surface area contributed by atoms with E-state index in [-0.39, 0.29) is 0 Å². The van der Waals surface area contributed by atoms with Gasteiger partial charge in [0, 0.05) is 37.9 Å². The smallest absolute Gasteiger partial charge is 0.158 e. The van der Waals surface area contributed by atoms with Crippen LogP contribution in [0.3, 0.4) is 0 Å². The molecule has 2 fully saturated rings. The highest BCUT2D eigenvalue weighted by atomic mass is 15.3. The van der Waals surface area contributed by atoms with Crippen LogP contribution in [0.4, 0.5) is 5.82 Å². The SMILES string of the molecule is Cc1ccc2ncnc(N3CCCN(C4CCCCC4)CC3)c2n1. The Kier molecular flexibility index (Phi) is 4.60. The molecule has 0 N–H and O–H groups in total. The summed E-state index contributed by atoms with van der Waals surface area (Å²) in [6, 6.07) is 4.88. The minimum absolute atomic E-state index is 0.807. The van der Waals surface area contributed by atoms with Gasteiger partial charge in [-0.05, 0) is 38.3 Å². The van der Waals surface area contributed by atoms with Gasteiger partial charge in [-0.3, -0.25) is 4.90 Å². The van der Waals surface area contributed by atoms with Crippen molar-refractivity contribution in [2.75, 3.05) is 31.1 Å². The Hall–Kier alpha value is -1.75. The van der Waals surface area contributed by atoms with Gasteiger partial charge in [0.1, 0.15) is 11.8 Å². The van der Waals surface area contributed by atoms with Crippen molar-refractivity contribution < 1.29 is 0 Å². The second-order valence-electron chi connectivity index (χ2n) is 7.19. The number of nitrogens with zero attached hydrogens (tertiary/aromatic N) is 5. The van der Waals surface area contributed by atoms with Crippen molar-refractivity contribution in [2.24, 2.45) is 0 Å². The molecule has 0 aromatic carbocycles. The van der Waals surface area contributed by atoms with Crippen LogP contribution in [0.1, 0.15) is 44.2 Å². The maximum Gasteiger partial charge on any atom is 0.158 e. The molecule has 2 aromatic rings. The first-order valence-corrected chi connectivity index (χ1v) is 9.38. The molecule has 0 spiro atoms. The van der Waals surface area contributed by atoms with Gasteiger partial charge in [0.05, 0.1) is 5.52 Å². The highest BCUT2D eigenvalue weighted by Gasteiger charge is 2.24. The van der Waals surface area contributed by atoms with Crippen molar-refractivity contribution in [3.8, 4) is 0 Å². The number of pyridine rings is 1. The van der Waals surface area contributed by atoms with E-state index in [1.165, 1.54) is 45.1 Å². The molecule has 24 heavy (non-hydrogen) atoms. The summed E-state index contributed by atoms with van der Waals surface area (Å²) < 4.78 is 0. The van der Waals surface area contributed by atoms with Gasteiger partial charge >= 0.3 is 0 Å². The van der Waals surface area contributed by atoms with E-state index < -0.39 is 0 Å². The molecule has 0 amide bonds. The molecule has 128 valence electrons. The molecule has 0 unspecified atom stereocenters. The van der Waals surface area contributed by atoms with Crippen LogP contribution in [0.2, 0.25) is 0 Å². The van der Waals surface area contributed by atoms with Crippen LogP contribution in [-0.4, -0.2) is 52.1 Å². The highest BCUT2D eigenvalue weighted by molar-refractivity contribution is 5.85. The zero-order valence-corrected chi connectivity index (χ0v) is 14.6. The van der Waals surface area contributed by atoms with E-state index >= 15 is 0 Å². The van der Waals surface area contributed by atoms with E-state index in [9.17, 15) is 0 Å². The zero-order valence-electron chi connectivity index (χ0n) is 14.6. The third-order valence-electron chi connectivity index (χ3n) is 5.52. The molecule has 4 rings (SSSR count). The number of rotatable bonds is 2. The summed E-state index contributed by atoms with van der Waals surface area (Å²) in [6.07, 6.45) is 9.89. The van der Waals surface area contributed by atoms with Gasteiger partial charge in [-0.25, -0.2) is 15.0 Å². The minimum Gasteiger partial charge on any atom is -0.353 e. The molecule has 3 heterocycles. The van der Waals surface area contributed by atoms with E-state index in [0.29, 0.717) is 0 Å². The Bertz CT molecular complexity index is 695. The fourth-order valence-corrected chi connectivity index (χ4v) is 4.22. The minimum atomic E-state index is 0.807. The van der Waals surface area contributed by atoms with Crippen LogP contribution in [0, 0.1) is 6.92 Å². The lowest BCUT2D eigenvalue weighted by Gasteiger charge is -2.33. The van der Waals surface area contributed by atoms with Crippen LogP contribution >= 0.6 is 0 Å². The number of aromatic nitrogens is 3. The van der Waals surface area contributed by atoms with Crippen LogP contribution in [0.25, 0.3) is 11.0 Å². The number of anilines is 1. The first-order valence-electron chi connectivity index (χ1n) is 9.38. The van der Waals surface area contributed by atoms with Crippen molar-refractivity contribution >= 4 is 16.9 Å². The molecule has 1 aliphatic heterocycles. The maximum atomic E-state index is 4.71. The van der Waals surface area contributed by atoms with E-state index in [4.69, 9.17) is 4.98 Å². The second kappa shape index (κ2) is 7.01. The molecule has 1 saturated heterocycles.